The van der Waals surface area contributed by atoms with Crippen molar-refractivity contribution in [1.29, 1.82) is 0 Å². The largest absolute Gasteiger partial charge is 0.458 e. The number of rotatable bonds is 7. The van der Waals surface area contributed by atoms with Crippen molar-refractivity contribution in [1.82, 2.24) is 0 Å². The third kappa shape index (κ3) is 4.28. The number of esters is 1. The fourth-order valence-corrected chi connectivity index (χ4v) is 4.60. The third-order valence-corrected chi connectivity index (χ3v) is 6.31. The zero-order chi connectivity index (χ0) is 19.3. The molecule has 1 aromatic rings. The summed E-state index contributed by atoms with van der Waals surface area (Å²) in [5, 5.41) is 0. The van der Waals surface area contributed by atoms with Gasteiger partial charge in [-0.05, 0) is 55.4 Å². The highest BCUT2D eigenvalue weighted by Crippen LogP contribution is 2.52. The van der Waals surface area contributed by atoms with Gasteiger partial charge in [-0.25, -0.2) is 4.79 Å². The molecule has 0 aromatic heterocycles. The minimum absolute atomic E-state index is 0.0432. The second kappa shape index (κ2) is 8.98. The zero-order valence-electron chi connectivity index (χ0n) is 16.1. The SMILES string of the molecule is CC[C@]1(C(=O)C(C)C)[C@H](C)CC[C@@H]1/C=C/COC(=O)c1ccc(Br)cc1. The van der Waals surface area contributed by atoms with Gasteiger partial charge in [0.25, 0.3) is 0 Å². The van der Waals surface area contributed by atoms with E-state index < -0.39 is 0 Å². The lowest BCUT2D eigenvalue weighted by atomic mass is 9.65. The molecule has 3 atom stereocenters. The van der Waals surface area contributed by atoms with Crippen molar-refractivity contribution in [3.8, 4) is 0 Å². The van der Waals surface area contributed by atoms with Crippen LogP contribution in [0.3, 0.4) is 0 Å². The van der Waals surface area contributed by atoms with Crippen LogP contribution in [0.25, 0.3) is 0 Å². The molecule has 1 aliphatic rings. The Kier molecular flexibility index (Phi) is 7.22. The standard InChI is InChI=1S/C22H29BrO3/c1-5-22(20(24)15(2)3)16(4)8-11-18(22)7-6-14-26-21(25)17-9-12-19(23)13-10-17/h6-7,9-10,12-13,15-16,18H,5,8,11,14H2,1-4H3/b7-6+/t16-,18+,22+/m1/s1. The maximum Gasteiger partial charge on any atom is 0.338 e. The summed E-state index contributed by atoms with van der Waals surface area (Å²) in [6.45, 7) is 8.54. The van der Waals surface area contributed by atoms with Gasteiger partial charge in [0, 0.05) is 15.8 Å². The fraction of sp³-hybridized carbons (Fsp3) is 0.545. The first-order valence-corrected chi connectivity index (χ1v) is 10.3. The third-order valence-electron chi connectivity index (χ3n) is 5.78. The van der Waals surface area contributed by atoms with Crippen LogP contribution in [-0.2, 0) is 9.53 Å². The first-order chi connectivity index (χ1) is 12.3. The van der Waals surface area contributed by atoms with Crippen molar-refractivity contribution in [2.75, 3.05) is 6.61 Å². The predicted molar refractivity (Wildman–Crippen MR) is 108 cm³/mol. The van der Waals surface area contributed by atoms with Crippen molar-refractivity contribution < 1.29 is 14.3 Å². The van der Waals surface area contributed by atoms with E-state index in [0.29, 0.717) is 17.3 Å². The molecular formula is C22H29BrO3. The minimum atomic E-state index is -0.332. The van der Waals surface area contributed by atoms with Crippen molar-refractivity contribution >= 4 is 27.7 Å². The van der Waals surface area contributed by atoms with Crippen molar-refractivity contribution in [3.05, 3.63) is 46.5 Å². The molecule has 142 valence electrons. The number of carbonyl (C=O) groups excluding carboxylic acids is 2. The molecule has 0 unspecified atom stereocenters. The van der Waals surface area contributed by atoms with Gasteiger partial charge in [0.1, 0.15) is 12.4 Å². The van der Waals surface area contributed by atoms with Crippen LogP contribution in [0.2, 0.25) is 0 Å². The summed E-state index contributed by atoms with van der Waals surface area (Å²) in [5.41, 5.74) is 0.259. The highest BCUT2D eigenvalue weighted by atomic mass is 79.9. The molecule has 0 saturated heterocycles. The molecule has 0 radical (unpaired) electrons. The molecule has 1 aromatic carbocycles. The molecule has 0 amide bonds. The molecule has 26 heavy (non-hydrogen) atoms. The van der Waals surface area contributed by atoms with Gasteiger partial charge in [-0.15, -0.1) is 0 Å². The highest BCUT2D eigenvalue weighted by Gasteiger charge is 2.51. The molecule has 1 saturated carbocycles. The first-order valence-electron chi connectivity index (χ1n) is 9.46. The number of Topliss-reactive ketones (excluding diaryl/α,β-unsaturated/α-hetero) is 1. The molecule has 4 heteroatoms. The van der Waals surface area contributed by atoms with E-state index in [-0.39, 0.29) is 29.8 Å². The van der Waals surface area contributed by atoms with E-state index in [0.717, 1.165) is 23.7 Å². The van der Waals surface area contributed by atoms with Crippen LogP contribution in [0.5, 0.6) is 0 Å². The predicted octanol–water partition coefficient (Wildman–Crippen LogP) is 5.83. The van der Waals surface area contributed by atoms with E-state index in [1.807, 2.05) is 32.1 Å². The Bertz CT molecular complexity index is 662. The van der Waals surface area contributed by atoms with Crippen molar-refractivity contribution in [2.24, 2.45) is 23.2 Å². The maximum absolute atomic E-state index is 12.9. The Morgan fingerprint density at radius 2 is 1.92 bits per heavy atom. The van der Waals surface area contributed by atoms with Crippen LogP contribution in [0, 0.1) is 23.2 Å². The van der Waals surface area contributed by atoms with E-state index in [9.17, 15) is 9.59 Å². The molecule has 0 bridgehead atoms. The summed E-state index contributed by atoms with van der Waals surface area (Å²) >= 11 is 3.35. The lowest BCUT2D eigenvalue weighted by Gasteiger charge is -2.37. The van der Waals surface area contributed by atoms with Crippen molar-refractivity contribution in [3.63, 3.8) is 0 Å². The van der Waals surface area contributed by atoms with Gasteiger partial charge >= 0.3 is 5.97 Å². The Balaban J connectivity index is 2.01. The van der Waals surface area contributed by atoms with E-state index >= 15 is 0 Å². The molecule has 0 N–H and O–H groups in total. The molecule has 1 fully saturated rings. The summed E-state index contributed by atoms with van der Waals surface area (Å²) in [4.78, 5) is 25.0. The second-order valence-corrected chi connectivity index (χ2v) is 8.45. The number of halogens is 1. The number of carbonyl (C=O) groups is 2. The van der Waals surface area contributed by atoms with Gasteiger partial charge in [0.2, 0.25) is 0 Å². The number of hydrogen-bond donors (Lipinski definition) is 0. The second-order valence-electron chi connectivity index (χ2n) is 7.53. The fourth-order valence-electron chi connectivity index (χ4n) is 4.34. The smallest absolute Gasteiger partial charge is 0.338 e. The Morgan fingerprint density at radius 1 is 1.27 bits per heavy atom. The monoisotopic (exact) mass is 420 g/mol. The molecule has 0 spiro atoms. The van der Waals surface area contributed by atoms with Gasteiger partial charge in [-0.2, -0.15) is 0 Å². The lowest BCUT2D eigenvalue weighted by Crippen LogP contribution is -2.41. The van der Waals surface area contributed by atoms with Crippen LogP contribution in [0.1, 0.15) is 57.3 Å². The van der Waals surface area contributed by atoms with Crippen LogP contribution >= 0.6 is 15.9 Å². The van der Waals surface area contributed by atoms with Gasteiger partial charge < -0.3 is 4.74 Å². The van der Waals surface area contributed by atoms with Crippen LogP contribution in [0.4, 0.5) is 0 Å². The number of allylic oxidation sites excluding steroid dienone is 1. The van der Waals surface area contributed by atoms with E-state index in [1.165, 1.54) is 0 Å². The average molecular weight is 421 g/mol. The lowest BCUT2D eigenvalue weighted by molar-refractivity contribution is -0.135. The van der Waals surface area contributed by atoms with Gasteiger partial charge in [-0.3, -0.25) is 4.79 Å². The summed E-state index contributed by atoms with van der Waals surface area (Å²) in [7, 11) is 0. The molecule has 2 rings (SSSR count). The van der Waals surface area contributed by atoms with E-state index in [2.05, 4.69) is 35.9 Å². The Hall–Kier alpha value is -1.42. The van der Waals surface area contributed by atoms with Gasteiger partial charge in [-0.1, -0.05) is 55.8 Å². The number of ketones is 1. The Labute approximate surface area is 165 Å². The molecule has 3 nitrogen and oxygen atoms in total. The van der Waals surface area contributed by atoms with Crippen LogP contribution in [-0.4, -0.2) is 18.4 Å². The van der Waals surface area contributed by atoms with E-state index in [4.69, 9.17) is 4.74 Å². The number of ether oxygens (including phenoxy) is 1. The van der Waals surface area contributed by atoms with Gasteiger partial charge in [0.05, 0.1) is 5.56 Å². The highest BCUT2D eigenvalue weighted by molar-refractivity contribution is 9.10. The molecule has 0 heterocycles. The normalized spacial score (nSPS) is 25.8. The Morgan fingerprint density at radius 3 is 2.50 bits per heavy atom. The topological polar surface area (TPSA) is 43.4 Å². The van der Waals surface area contributed by atoms with Crippen LogP contribution in [0.15, 0.2) is 40.9 Å². The quantitative estimate of drug-likeness (QED) is 0.411. The minimum Gasteiger partial charge on any atom is -0.458 e. The van der Waals surface area contributed by atoms with E-state index in [1.54, 1.807) is 12.1 Å². The average Bonchev–Trinajstić information content (AvgIpc) is 2.94. The maximum atomic E-state index is 12.9. The summed E-state index contributed by atoms with van der Waals surface area (Å²) in [5.74, 6) is 0.696. The summed E-state index contributed by atoms with van der Waals surface area (Å²) < 4.78 is 6.26. The van der Waals surface area contributed by atoms with Crippen LogP contribution < -0.4 is 0 Å². The summed E-state index contributed by atoms with van der Waals surface area (Å²) in [6, 6.07) is 7.11. The van der Waals surface area contributed by atoms with Gasteiger partial charge in [0.15, 0.2) is 0 Å². The first kappa shape index (κ1) is 20.9. The number of benzene rings is 1. The van der Waals surface area contributed by atoms with Crippen molar-refractivity contribution in [2.45, 2.75) is 47.0 Å². The molecular weight excluding hydrogens is 392 g/mol. The molecule has 0 aliphatic heterocycles. The molecule has 1 aliphatic carbocycles. The summed E-state index contributed by atoms with van der Waals surface area (Å²) in [6.07, 6.45) is 6.95. The number of hydrogen-bond acceptors (Lipinski definition) is 3. The zero-order valence-corrected chi connectivity index (χ0v) is 17.7.